The van der Waals surface area contributed by atoms with E-state index in [9.17, 15) is 4.79 Å². The first-order valence-corrected chi connectivity index (χ1v) is 4.71. The van der Waals surface area contributed by atoms with Crippen LogP contribution in [0.2, 0.25) is 0 Å². The first-order valence-electron chi connectivity index (χ1n) is 4.71. The number of rotatable bonds is 5. The molecule has 4 N–H and O–H groups in total. The van der Waals surface area contributed by atoms with Crippen molar-refractivity contribution in [1.29, 1.82) is 0 Å². The number of methoxy groups -OCH3 is 1. The standard InChI is InChI=1S/C9H16N4O2/c1-6(5-15-2)4-11-9(14)7-3-8(10)13-12-7/h3,6H,4-5H2,1-2H3,(H,11,14)(H3,10,12,13). The lowest BCUT2D eigenvalue weighted by molar-refractivity contribution is 0.0929. The van der Waals surface area contributed by atoms with E-state index >= 15 is 0 Å². The van der Waals surface area contributed by atoms with Crippen LogP contribution in [0.3, 0.4) is 0 Å². The Hall–Kier alpha value is -1.56. The molecule has 0 aliphatic heterocycles. The summed E-state index contributed by atoms with van der Waals surface area (Å²) in [5, 5.41) is 8.96. The van der Waals surface area contributed by atoms with Crippen LogP contribution in [0.15, 0.2) is 6.07 Å². The van der Waals surface area contributed by atoms with Gasteiger partial charge in [0.1, 0.15) is 11.5 Å². The van der Waals surface area contributed by atoms with E-state index in [-0.39, 0.29) is 11.8 Å². The summed E-state index contributed by atoms with van der Waals surface area (Å²) < 4.78 is 4.95. The minimum Gasteiger partial charge on any atom is -0.384 e. The zero-order valence-electron chi connectivity index (χ0n) is 8.91. The number of carbonyl (C=O) groups is 1. The van der Waals surface area contributed by atoms with Crippen LogP contribution in [0, 0.1) is 5.92 Å². The molecule has 0 aromatic carbocycles. The quantitative estimate of drug-likeness (QED) is 0.640. The number of nitrogens with zero attached hydrogens (tertiary/aromatic N) is 1. The monoisotopic (exact) mass is 212 g/mol. The predicted molar refractivity (Wildman–Crippen MR) is 56.4 cm³/mol. The van der Waals surface area contributed by atoms with Crippen LogP contribution in [0.1, 0.15) is 17.4 Å². The Morgan fingerprint density at radius 1 is 1.80 bits per heavy atom. The maximum Gasteiger partial charge on any atom is 0.269 e. The molecule has 0 spiro atoms. The van der Waals surface area contributed by atoms with Crippen molar-refractivity contribution < 1.29 is 9.53 Å². The fourth-order valence-electron chi connectivity index (χ4n) is 1.16. The number of nitrogen functional groups attached to an aromatic ring is 1. The Balaban J connectivity index is 2.36. The zero-order chi connectivity index (χ0) is 11.3. The molecule has 0 saturated carbocycles. The van der Waals surface area contributed by atoms with Crippen molar-refractivity contribution in [2.45, 2.75) is 6.92 Å². The van der Waals surface area contributed by atoms with Crippen LogP contribution in [-0.2, 0) is 4.74 Å². The van der Waals surface area contributed by atoms with Gasteiger partial charge in [0.05, 0.1) is 6.61 Å². The number of amides is 1. The van der Waals surface area contributed by atoms with Crippen LogP contribution in [-0.4, -0.2) is 36.4 Å². The minimum atomic E-state index is -0.206. The Bertz CT molecular complexity index is 324. The van der Waals surface area contributed by atoms with E-state index in [1.54, 1.807) is 7.11 Å². The van der Waals surface area contributed by atoms with Crippen molar-refractivity contribution in [3.05, 3.63) is 11.8 Å². The van der Waals surface area contributed by atoms with Gasteiger partial charge in [-0.15, -0.1) is 0 Å². The third-order valence-electron chi connectivity index (χ3n) is 1.90. The summed E-state index contributed by atoms with van der Waals surface area (Å²) in [5.41, 5.74) is 5.75. The Morgan fingerprint density at radius 3 is 3.07 bits per heavy atom. The molecule has 84 valence electrons. The minimum absolute atomic E-state index is 0.206. The normalized spacial score (nSPS) is 12.4. The molecule has 0 fully saturated rings. The molecule has 0 saturated heterocycles. The average molecular weight is 212 g/mol. The van der Waals surface area contributed by atoms with Gasteiger partial charge in [-0.2, -0.15) is 5.10 Å². The number of nitrogens with two attached hydrogens (primary N) is 1. The van der Waals surface area contributed by atoms with Gasteiger partial charge >= 0.3 is 0 Å². The highest BCUT2D eigenvalue weighted by molar-refractivity contribution is 5.92. The molecule has 1 atom stereocenters. The first kappa shape index (κ1) is 11.5. The lowest BCUT2D eigenvalue weighted by Crippen LogP contribution is -2.30. The SMILES string of the molecule is COCC(C)CNC(=O)c1cc(N)n[nH]1. The number of hydrogen-bond donors (Lipinski definition) is 3. The van der Waals surface area contributed by atoms with E-state index in [1.165, 1.54) is 6.07 Å². The largest absolute Gasteiger partial charge is 0.384 e. The zero-order valence-corrected chi connectivity index (χ0v) is 8.91. The van der Waals surface area contributed by atoms with Crippen LogP contribution in [0.4, 0.5) is 5.82 Å². The van der Waals surface area contributed by atoms with Crippen molar-refractivity contribution in [3.8, 4) is 0 Å². The molecule has 0 aliphatic carbocycles. The molecular weight excluding hydrogens is 196 g/mol. The number of hydrogen-bond acceptors (Lipinski definition) is 4. The lowest BCUT2D eigenvalue weighted by atomic mass is 10.2. The van der Waals surface area contributed by atoms with Gasteiger partial charge in [0, 0.05) is 19.7 Å². The Kier molecular flexibility index (Phi) is 4.11. The number of H-pyrrole nitrogens is 1. The van der Waals surface area contributed by atoms with Crippen molar-refractivity contribution in [2.24, 2.45) is 5.92 Å². The van der Waals surface area contributed by atoms with Gasteiger partial charge in [-0.05, 0) is 5.92 Å². The van der Waals surface area contributed by atoms with Gasteiger partial charge in [-0.3, -0.25) is 9.89 Å². The molecule has 0 aliphatic rings. The predicted octanol–water partition coefficient (Wildman–Crippen LogP) is 0.00420. The van der Waals surface area contributed by atoms with Gasteiger partial charge in [-0.1, -0.05) is 6.92 Å². The van der Waals surface area contributed by atoms with Crippen LogP contribution >= 0.6 is 0 Å². The molecule has 0 radical (unpaired) electrons. The fraction of sp³-hybridized carbons (Fsp3) is 0.556. The number of aromatic amines is 1. The molecule has 6 nitrogen and oxygen atoms in total. The van der Waals surface area contributed by atoms with Crippen LogP contribution in [0.5, 0.6) is 0 Å². The summed E-state index contributed by atoms with van der Waals surface area (Å²) in [5.74, 6) is 0.381. The molecule has 1 unspecified atom stereocenters. The van der Waals surface area contributed by atoms with E-state index in [1.807, 2.05) is 6.92 Å². The molecule has 15 heavy (non-hydrogen) atoms. The van der Waals surface area contributed by atoms with E-state index in [0.29, 0.717) is 24.7 Å². The number of anilines is 1. The third kappa shape index (κ3) is 3.59. The molecule has 1 aromatic heterocycles. The highest BCUT2D eigenvalue weighted by atomic mass is 16.5. The highest BCUT2D eigenvalue weighted by Gasteiger charge is 2.09. The summed E-state index contributed by atoms with van der Waals surface area (Å²) in [7, 11) is 1.63. The molecular formula is C9H16N4O2. The summed E-state index contributed by atoms with van der Waals surface area (Å²) >= 11 is 0. The smallest absolute Gasteiger partial charge is 0.269 e. The van der Waals surface area contributed by atoms with Crippen LogP contribution < -0.4 is 11.1 Å². The maximum atomic E-state index is 11.5. The van der Waals surface area contributed by atoms with Crippen molar-refractivity contribution >= 4 is 11.7 Å². The molecule has 1 rings (SSSR count). The van der Waals surface area contributed by atoms with E-state index < -0.39 is 0 Å². The first-order chi connectivity index (χ1) is 7.13. The molecule has 0 bridgehead atoms. The second-order valence-corrected chi connectivity index (χ2v) is 3.48. The fourth-order valence-corrected chi connectivity index (χ4v) is 1.16. The van der Waals surface area contributed by atoms with Gasteiger partial charge in [-0.25, -0.2) is 0 Å². The summed E-state index contributed by atoms with van der Waals surface area (Å²) in [6, 6.07) is 1.50. The summed E-state index contributed by atoms with van der Waals surface area (Å²) in [6.45, 7) is 3.17. The Morgan fingerprint density at radius 2 is 2.53 bits per heavy atom. The van der Waals surface area contributed by atoms with E-state index in [4.69, 9.17) is 10.5 Å². The van der Waals surface area contributed by atoms with Gasteiger partial charge in [0.2, 0.25) is 0 Å². The second kappa shape index (κ2) is 5.35. The van der Waals surface area contributed by atoms with Gasteiger partial charge in [0.25, 0.3) is 5.91 Å². The van der Waals surface area contributed by atoms with Crippen LogP contribution in [0.25, 0.3) is 0 Å². The third-order valence-corrected chi connectivity index (χ3v) is 1.90. The topological polar surface area (TPSA) is 93.0 Å². The molecule has 1 amide bonds. The van der Waals surface area contributed by atoms with Crippen molar-refractivity contribution in [2.75, 3.05) is 26.0 Å². The van der Waals surface area contributed by atoms with E-state index in [2.05, 4.69) is 15.5 Å². The summed E-state index contributed by atoms with van der Waals surface area (Å²) in [6.07, 6.45) is 0. The highest BCUT2D eigenvalue weighted by Crippen LogP contribution is 2.00. The Labute approximate surface area is 88.2 Å². The van der Waals surface area contributed by atoms with Crippen molar-refractivity contribution in [3.63, 3.8) is 0 Å². The van der Waals surface area contributed by atoms with Gasteiger partial charge in [0.15, 0.2) is 0 Å². The van der Waals surface area contributed by atoms with E-state index in [0.717, 1.165) is 0 Å². The summed E-state index contributed by atoms with van der Waals surface area (Å²) in [4.78, 5) is 11.5. The lowest BCUT2D eigenvalue weighted by Gasteiger charge is -2.10. The average Bonchev–Trinajstić information content (AvgIpc) is 2.62. The number of aromatic nitrogens is 2. The maximum absolute atomic E-state index is 11.5. The number of ether oxygens (including phenoxy) is 1. The molecule has 1 aromatic rings. The number of nitrogens with one attached hydrogen (secondary N) is 2. The van der Waals surface area contributed by atoms with Crippen molar-refractivity contribution in [1.82, 2.24) is 15.5 Å². The molecule has 6 heteroatoms. The number of carbonyl (C=O) groups excluding carboxylic acids is 1. The molecule has 1 heterocycles. The second-order valence-electron chi connectivity index (χ2n) is 3.48. The van der Waals surface area contributed by atoms with Gasteiger partial charge < -0.3 is 15.8 Å².